The molecule has 1 heterocycles. The van der Waals surface area contributed by atoms with E-state index in [-0.39, 0.29) is 0 Å². The van der Waals surface area contributed by atoms with E-state index in [0.717, 1.165) is 24.2 Å². The molecule has 0 radical (unpaired) electrons. The summed E-state index contributed by atoms with van der Waals surface area (Å²) in [7, 11) is 0. The van der Waals surface area contributed by atoms with Gasteiger partial charge in [-0.3, -0.25) is 0 Å². The number of hydrogen-bond donors (Lipinski definition) is 1. The SMILES string of the molecule is CCCc1ccc(Oc2cc(C(C)O)ccn2)cc1. The van der Waals surface area contributed by atoms with Crippen molar-refractivity contribution in [3.8, 4) is 11.6 Å². The Morgan fingerprint density at radius 2 is 1.95 bits per heavy atom. The first kappa shape index (κ1) is 13.6. The lowest BCUT2D eigenvalue weighted by Gasteiger charge is -2.08. The Morgan fingerprint density at radius 3 is 2.58 bits per heavy atom. The van der Waals surface area contributed by atoms with Crippen molar-refractivity contribution in [1.82, 2.24) is 4.98 Å². The lowest BCUT2D eigenvalue weighted by Crippen LogP contribution is -1.94. The molecule has 2 aromatic rings. The zero-order valence-electron chi connectivity index (χ0n) is 11.3. The maximum Gasteiger partial charge on any atom is 0.219 e. The highest BCUT2D eigenvalue weighted by molar-refractivity contribution is 5.32. The number of aliphatic hydroxyl groups is 1. The van der Waals surface area contributed by atoms with Crippen LogP contribution in [-0.2, 0) is 6.42 Å². The van der Waals surface area contributed by atoms with Gasteiger partial charge in [0.25, 0.3) is 0 Å². The van der Waals surface area contributed by atoms with Crippen LogP contribution in [0.1, 0.15) is 37.5 Å². The molecule has 3 nitrogen and oxygen atoms in total. The zero-order chi connectivity index (χ0) is 13.7. The van der Waals surface area contributed by atoms with Crippen LogP contribution < -0.4 is 4.74 Å². The van der Waals surface area contributed by atoms with Crippen molar-refractivity contribution < 1.29 is 9.84 Å². The number of benzene rings is 1. The number of aromatic nitrogens is 1. The van der Waals surface area contributed by atoms with E-state index in [1.807, 2.05) is 12.1 Å². The fraction of sp³-hybridized carbons (Fsp3) is 0.312. The summed E-state index contributed by atoms with van der Waals surface area (Å²) in [6, 6.07) is 11.6. The Hall–Kier alpha value is -1.87. The first-order chi connectivity index (χ1) is 9.19. The summed E-state index contributed by atoms with van der Waals surface area (Å²) in [4.78, 5) is 4.14. The third kappa shape index (κ3) is 3.80. The number of aliphatic hydroxyl groups excluding tert-OH is 1. The first-order valence-electron chi connectivity index (χ1n) is 6.60. The van der Waals surface area contributed by atoms with E-state index in [9.17, 15) is 5.11 Å². The molecule has 1 unspecified atom stereocenters. The molecule has 1 aromatic heterocycles. The molecule has 0 aliphatic rings. The molecular weight excluding hydrogens is 238 g/mol. The average molecular weight is 257 g/mol. The maximum absolute atomic E-state index is 9.53. The van der Waals surface area contributed by atoms with Crippen LogP contribution >= 0.6 is 0 Å². The number of aryl methyl sites for hydroxylation is 1. The van der Waals surface area contributed by atoms with Crippen molar-refractivity contribution in [2.24, 2.45) is 0 Å². The van der Waals surface area contributed by atoms with Gasteiger partial charge >= 0.3 is 0 Å². The summed E-state index contributed by atoms with van der Waals surface area (Å²) >= 11 is 0. The van der Waals surface area contributed by atoms with Crippen LogP contribution in [0.3, 0.4) is 0 Å². The van der Waals surface area contributed by atoms with Gasteiger partial charge in [0.1, 0.15) is 5.75 Å². The van der Waals surface area contributed by atoms with Crippen molar-refractivity contribution >= 4 is 0 Å². The van der Waals surface area contributed by atoms with E-state index < -0.39 is 6.10 Å². The molecule has 0 bridgehead atoms. The number of nitrogens with zero attached hydrogens (tertiary/aromatic N) is 1. The number of pyridine rings is 1. The normalized spacial score (nSPS) is 12.2. The molecule has 0 spiro atoms. The van der Waals surface area contributed by atoms with Crippen molar-refractivity contribution in [2.45, 2.75) is 32.8 Å². The smallest absolute Gasteiger partial charge is 0.219 e. The Kier molecular flexibility index (Phi) is 4.53. The molecule has 1 aromatic carbocycles. The van der Waals surface area contributed by atoms with Crippen LogP contribution in [0.5, 0.6) is 11.6 Å². The van der Waals surface area contributed by atoms with Crippen molar-refractivity contribution in [2.75, 3.05) is 0 Å². The largest absolute Gasteiger partial charge is 0.439 e. The van der Waals surface area contributed by atoms with Crippen molar-refractivity contribution in [3.63, 3.8) is 0 Å². The van der Waals surface area contributed by atoms with Crippen LogP contribution in [0, 0.1) is 0 Å². The molecule has 1 atom stereocenters. The minimum Gasteiger partial charge on any atom is -0.439 e. The van der Waals surface area contributed by atoms with E-state index in [2.05, 4.69) is 24.0 Å². The lowest BCUT2D eigenvalue weighted by molar-refractivity contribution is 0.198. The third-order valence-electron chi connectivity index (χ3n) is 2.93. The van der Waals surface area contributed by atoms with E-state index in [0.29, 0.717) is 5.88 Å². The zero-order valence-corrected chi connectivity index (χ0v) is 11.3. The molecule has 2 rings (SSSR count). The molecule has 19 heavy (non-hydrogen) atoms. The van der Waals surface area contributed by atoms with Gasteiger partial charge in [-0.25, -0.2) is 4.98 Å². The topological polar surface area (TPSA) is 42.4 Å². The van der Waals surface area contributed by atoms with Gasteiger partial charge in [0.05, 0.1) is 6.10 Å². The Morgan fingerprint density at radius 1 is 1.21 bits per heavy atom. The Labute approximate surface area is 113 Å². The predicted octanol–water partition coefficient (Wildman–Crippen LogP) is 3.88. The summed E-state index contributed by atoms with van der Waals surface area (Å²) in [5.74, 6) is 1.26. The van der Waals surface area contributed by atoms with Crippen LogP contribution in [-0.4, -0.2) is 10.1 Å². The molecule has 0 fully saturated rings. The molecule has 1 N–H and O–H groups in total. The molecule has 3 heteroatoms. The van der Waals surface area contributed by atoms with Crippen molar-refractivity contribution in [1.29, 1.82) is 0 Å². The van der Waals surface area contributed by atoms with E-state index in [1.54, 1.807) is 25.3 Å². The van der Waals surface area contributed by atoms with Gasteiger partial charge in [-0.05, 0) is 42.7 Å². The third-order valence-corrected chi connectivity index (χ3v) is 2.93. The van der Waals surface area contributed by atoms with Gasteiger partial charge in [0.2, 0.25) is 5.88 Å². The summed E-state index contributed by atoms with van der Waals surface area (Å²) in [5.41, 5.74) is 2.10. The second kappa shape index (κ2) is 6.34. The van der Waals surface area contributed by atoms with Crippen LogP contribution in [0.2, 0.25) is 0 Å². The number of ether oxygens (including phenoxy) is 1. The molecule has 0 saturated carbocycles. The van der Waals surface area contributed by atoms with Gasteiger partial charge < -0.3 is 9.84 Å². The monoisotopic (exact) mass is 257 g/mol. The minimum atomic E-state index is -0.516. The standard InChI is InChI=1S/C16H19NO2/c1-3-4-13-5-7-15(8-6-13)19-16-11-14(12(2)18)9-10-17-16/h5-12,18H,3-4H2,1-2H3. The van der Waals surface area contributed by atoms with E-state index in [4.69, 9.17) is 4.74 Å². The van der Waals surface area contributed by atoms with E-state index in [1.165, 1.54) is 5.56 Å². The highest BCUT2D eigenvalue weighted by Gasteiger charge is 2.04. The second-order valence-electron chi connectivity index (χ2n) is 4.60. The minimum absolute atomic E-state index is 0.502. The summed E-state index contributed by atoms with van der Waals surface area (Å²) < 4.78 is 5.68. The number of hydrogen-bond acceptors (Lipinski definition) is 3. The van der Waals surface area contributed by atoms with Crippen LogP contribution in [0.25, 0.3) is 0 Å². The van der Waals surface area contributed by atoms with Gasteiger partial charge in [0.15, 0.2) is 0 Å². The fourth-order valence-corrected chi connectivity index (χ4v) is 1.87. The van der Waals surface area contributed by atoms with Crippen LogP contribution in [0.4, 0.5) is 0 Å². The molecule has 0 saturated heterocycles. The summed E-state index contributed by atoms with van der Waals surface area (Å²) in [6.45, 7) is 3.88. The molecule has 100 valence electrons. The maximum atomic E-state index is 9.53. The van der Waals surface area contributed by atoms with Crippen molar-refractivity contribution in [3.05, 3.63) is 53.7 Å². The molecule has 0 amide bonds. The van der Waals surface area contributed by atoms with E-state index >= 15 is 0 Å². The summed E-state index contributed by atoms with van der Waals surface area (Å²) in [5, 5.41) is 9.53. The van der Waals surface area contributed by atoms with Crippen LogP contribution in [0.15, 0.2) is 42.6 Å². The number of rotatable bonds is 5. The first-order valence-corrected chi connectivity index (χ1v) is 6.60. The van der Waals surface area contributed by atoms with Gasteiger partial charge in [0, 0.05) is 12.3 Å². The predicted molar refractivity (Wildman–Crippen MR) is 75.4 cm³/mol. The quantitative estimate of drug-likeness (QED) is 0.883. The second-order valence-corrected chi connectivity index (χ2v) is 4.60. The molecular formula is C16H19NO2. The molecule has 0 aliphatic carbocycles. The van der Waals surface area contributed by atoms with Gasteiger partial charge in [-0.15, -0.1) is 0 Å². The van der Waals surface area contributed by atoms with Gasteiger partial charge in [-0.2, -0.15) is 0 Å². The highest BCUT2D eigenvalue weighted by Crippen LogP contribution is 2.22. The Bertz CT molecular complexity index is 521. The summed E-state index contributed by atoms with van der Waals surface area (Å²) in [6.07, 6.45) is 3.34. The lowest BCUT2D eigenvalue weighted by atomic mass is 10.1. The molecule has 0 aliphatic heterocycles. The average Bonchev–Trinajstić information content (AvgIpc) is 2.42. The van der Waals surface area contributed by atoms with Gasteiger partial charge in [-0.1, -0.05) is 25.5 Å². The Balaban J connectivity index is 2.10. The highest BCUT2D eigenvalue weighted by atomic mass is 16.5. The fourth-order valence-electron chi connectivity index (χ4n) is 1.87.